The summed E-state index contributed by atoms with van der Waals surface area (Å²) in [6.45, 7) is 6.53. The van der Waals surface area contributed by atoms with Crippen LogP contribution in [-0.4, -0.2) is 64.9 Å². The van der Waals surface area contributed by atoms with Crippen molar-refractivity contribution in [2.24, 2.45) is 0 Å². The molecule has 0 atom stereocenters. The minimum atomic E-state index is 0.311. The molecule has 0 radical (unpaired) electrons. The van der Waals surface area contributed by atoms with Crippen molar-refractivity contribution < 1.29 is 4.74 Å². The van der Waals surface area contributed by atoms with E-state index in [0.717, 1.165) is 75.6 Å². The van der Waals surface area contributed by atoms with Crippen molar-refractivity contribution in [3.05, 3.63) is 65.6 Å². The first kappa shape index (κ1) is 20.9. The molecule has 2 aliphatic heterocycles. The smallest absolute Gasteiger partial charge is 0.226 e. The van der Waals surface area contributed by atoms with E-state index in [-0.39, 0.29) is 0 Å². The van der Waals surface area contributed by atoms with Gasteiger partial charge in [-0.3, -0.25) is 4.90 Å². The number of hydrogen-bond donors (Lipinski definition) is 0. The predicted octanol–water partition coefficient (Wildman–Crippen LogP) is 4.59. The van der Waals surface area contributed by atoms with Gasteiger partial charge in [-0.05, 0) is 52.9 Å². The predicted molar refractivity (Wildman–Crippen MR) is 133 cm³/mol. The maximum Gasteiger partial charge on any atom is 0.226 e. The average molecular weight is 462 g/mol. The van der Waals surface area contributed by atoms with Gasteiger partial charge in [0.05, 0.1) is 18.6 Å². The molecule has 0 unspecified atom stereocenters. The minimum Gasteiger partial charge on any atom is -0.379 e. The molecule has 0 N–H and O–H groups in total. The van der Waals surface area contributed by atoms with Gasteiger partial charge in [-0.15, -0.1) is 0 Å². The second-order valence-electron chi connectivity index (χ2n) is 9.05. The number of rotatable bonds is 4. The molecule has 2 aliphatic rings. The van der Waals surface area contributed by atoms with E-state index in [9.17, 15) is 0 Å². The second kappa shape index (κ2) is 8.93. The van der Waals surface area contributed by atoms with E-state index in [0.29, 0.717) is 11.3 Å². The third kappa shape index (κ3) is 4.19. The number of ether oxygens (including phenoxy) is 1. The van der Waals surface area contributed by atoms with Crippen LogP contribution in [-0.2, 0) is 11.3 Å². The van der Waals surface area contributed by atoms with Crippen molar-refractivity contribution in [2.45, 2.75) is 25.4 Å². The lowest BCUT2D eigenvalue weighted by Crippen LogP contribution is -2.49. The number of fused-ring (bicyclic) bond motifs is 2. The fourth-order valence-corrected chi connectivity index (χ4v) is 5.47. The van der Waals surface area contributed by atoms with Gasteiger partial charge in [-0.1, -0.05) is 36.4 Å². The van der Waals surface area contributed by atoms with Crippen LogP contribution in [0.1, 0.15) is 18.4 Å². The Morgan fingerprint density at radius 2 is 1.70 bits per heavy atom. The number of halogens is 1. The number of morpholine rings is 1. The molecule has 4 aromatic rings. The molecule has 2 aromatic heterocycles. The Labute approximate surface area is 198 Å². The van der Waals surface area contributed by atoms with Gasteiger partial charge in [0.2, 0.25) is 5.28 Å². The van der Waals surface area contributed by atoms with Crippen LogP contribution in [0.2, 0.25) is 5.28 Å². The molecule has 0 saturated carbocycles. The minimum absolute atomic E-state index is 0.311. The molecule has 0 aliphatic carbocycles. The summed E-state index contributed by atoms with van der Waals surface area (Å²) < 4.78 is 7.70. The first-order valence-electron chi connectivity index (χ1n) is 11.8. The normalized spacial score (nSPS) is 18.4. The Morgan fingerprint density at radius 1 is 0.909 bits per heavy atom. The van der Waals surface area contributed by atoms with E-state index in [4.69, 9.17) is 16.3 Å². The van der Waals surface area contributed by atoms with E-state index in [1.54, 1.807) is 0 Å². The van der Waals surface area contributed by atoms with Crippen molar-refractivity contribution >= 4 is 39.2 Å². The molecule has 4 heterocycles. The zero-order chi connectivity index (χ0) is 22.2. The van der Waals surface area contributed by atoms with Gasteiger partial charge in [0.25, 0.3) is 0 Å². The molecule has 33 heavy (non-hydrogen) atoms. The van der Waals surface area contributed by atoms with Crippen molar-refractivity contribution in [1.29, 1.82) is 0 Å². The van der Waals surface area contributed by atoms with Crippen molar-refractivity contribution in [3.8, 4) is 0 Å². The SMILES string of the molecule is Clc1nc(N2CCC(N3CCOCC3)CC2)c2ccn(Cc3ccc4ccccc4c3)c2n1. The maximum atomic E-state index is 6.42. The number of piperidine rings is 1. The van der Waals surface area contributed by atoms with Gasteiger partial charge in [0.15, 0.2) is 0 Å². The standard InChI is InChI=1S/C26H28ClN5O/c27-26-28-24(31-10-7-22(8-11-31)30-13-15-33-16-14-30)23-9-12-32(25(23)29-26)18-19-5-6-20-3-1-2-4-21(20)17-19/h1-6,9,12,17,22H,7-8,10-11,13-16,18H2. The molecule has 0 spiro atoms. The highest BCUT2D eigenvalue weighted by molar-refractivity contribution is 6.28. The number of benzene rings is 2. The van der Waals surface area contributed by atoms with Crippen molar-refractivity contribution in [2.75, 3.05) is 44.3 Å². The highest BCUT2D eigenvalue weighted by atomic mass is 35.5. The zero-order valence-corrected chi connectivity index (χ0v) is 19.4. The lowest BCUT2D eigenvalue weighted by molar-refractivity contribution is 0.0115. The lowest BCUT2D eigenvalue weighted by Gasteiger charge is -2.40. The third-order valence-corrected chi connectivity index (χ3v) is 7.23. The van der Waals surface area contributed by atoms with Gasteiger partial charge in [0.1, 0.15) is 11.5 Å². The quantitative estimate of drug-likeness (QED) is 0.416. The molecule has 0 bridgehead atoms. The van der Waals surface area contributed by atoms with Gasteiger partial charge in [-0.25, -0.2) is 0 Å². The molecule has 2 aromatic carbocycles. The molecule has 6 rings (SSSR count). The van der Waals surface area contributed by atoms with E-state index in [2.05, 4.69) is 79.1 Å². The topological polar surface area (TPSA) is 46.4 Å². The van der Waals surface area contributed by atoms with E-state index >= 15 is 0 Å². The second-order valence-corrected chi connectivity index (χ2v) is 9.38. The van der Waals surface area contributed by atoms with Gasteiger partial charge in [0, 0.05) is 45.0 Å². The highest BCUT2D eigenvalue weighted by Gasteiger charge is 2.27. The summed E-state index contributed by atoms with van der Waals surface area (Å²) in [6, 6.07) is 17.9. The Kier molecular flexibility index (Phi) is 5.66. The zero-order valence-electron chi connectivity index (χ0n) is 18.7. The third-order valence-electron chi connectivity index (χ3n) is 7.06. The number of anilines is 1. The maximum absolute atomic E-state index is 6.42. The Hall–Kier alpha value is -2.67. The molecule has 0 amide bonds. The lowest BCUT2D eigenvalue weighted by atomic mass is 10.0. The monoisotopic (exact) mass is 461 g/mol. The number of hydrogen-bond acceptors (Lipinski definition) is 5. The molecular formula is C26H28ClN5O. The van der Waals surface area contributed by atoms with Crippen LogP contribution in [0.25, 0.3) is 21.8 Å². The van der Waals surface area contributed by atoms with Crippen LogP contribution >= 0.6 is 11.6 Å². The van der Waals surface area contributed by atoms with Crippen LogP contribution in [0.15, 0.2) is 54.7 Å². The number of aromatic nitrogens is 3. The Bertz CT molecular complexity index is 1270. The Balaban J connectivity index is 1.24. The summed E-state index contributed by atoms with van der Waals surface area (Å²) in [7, 11) is 0. The fraction of sp³-hybridized carbons (Fsp3) is 0.385. The van der Waals surface area contributed by atoms with Crippen LogP contribution in [0.4, 0.5) is 5.82 Å². The molecule has 7 heteroatoms. The molecule has 170 valence electrons. The summed E-state index contributed by atoms with van der Waals surface area (Å²) in [4.78, 5) is 14.2. The molecule has 6 nitrogen and oxygen atoms in total. The first-order valence-corrected chi connectivity index (χ1v) is 12.2. The van der Waals surface area contributed by atoms with Gasteiger partial charge in [-0.2, -0.15) is 9.97 Å². The van der Waals surface area contributed by atoms with Gasteiger partial charge >= 0.3 is 0 Å². The van der Waals surface area contributed by atoms with E-state index in [1.165, 1.54) is 16.3 Å². The van der Waals surface area contributed by atoms with Crippen LogP contribution < -0.4 is 4.90 Å². The van der Waals surface area contributed by atoms with Crippen LogP contribution in [0, 0.1) is 0 Å². The summed E-state index contributed by atoms with van der Waals surface area (Å²) in [5.41, 5.74) is 2.14. The van der Waals surface area contributed by atoms with Crippen molar-refractivity contribution in [1.82, 2.24) is 19.4 Å². The summed E-state index contributed by atoms with van der Waals surface area (Å²) >= 11 is 6.42. The Morgan fingerprint density at radius 3 is 2.52 bits per heavy atom. The summed E-state index contributed by atoms with van der Waals surface area (Å²) in [6.07, 6.45) is 4.39. The summed E-state index contributed by atoms with van der Waals surface area (Å²) in [5.74, 6) is 0.961. The first-order chi connectivity index (χ1) is 16.2. The number of nitrogens with zero attached hydrogens (tertiary/aromatic N) is 5. The van der Waals surface area contributed by atoms with Crippen LogP contribution in [0.3, 0.4) is 0 Å². The summed E-state index contributed by atoms with van der Waals surface area (Å²) in [5, 5.41) is 3.89. The highest BCUT2D eigenvalue weighted by Crippen LogP contribution is 2.30. The average Bonchev–Trinajstić information content (AvgIpc) is 3.26. The van der Waals surface area contributed by atoms with E-state index < -0.39 is 0 Å². The van der Waals surface area contributed by atoms with Gasteiger partial charge < -0.3 is 14.2 Å². The fourth-order valence-electron chi connectivity index (χ4n) is 5.31. The molecule has 2 saturated heterocycles. The van der Waals surface area contributed by atoms with Crippen molar-refractivity contribution in [3.63, 3.8) is 0 Å². The van der Waals surface area contributed by atoms with E-state index in [1.807, 2.05) is 0 Å². The van der Waals surface area contributed by atoms with Crippen LogP contribution in [0.5, 0.6) is 0 Å². The molecular weight excluding hydrogens is 434 g/mol. The molecule has 2 fully saturated rings. The largest absolute Gasteiger partial charge is 0.379 e.